The minimum Gasteiger partial charge on any atom is -0.492 e. The number of hydrogen-bond donors (Lipinski definition) is 1. The first kappa shape index (κ1) is 22.2. The van der Waals surface area contributed by atoms with Crippen molar-refractivity contribution >= 4 is 9.84 Å². The number of aliphatic hydroxyl groups is 1. The van der Waals surface area contributed by atoms with Gasteiger partial charge < -0.3 is 9.84 Å². The van der Waals surface area contributed by atoms with Crippen molar-refractivity contribution in [2.45, 2.75) is 37.4 Å². The van der Waals surface area contributed by atoms with Crippen LogP contribution in [0.2, 0.25) is 0 Å². The average molecular weight is 430 g/mol. The van der Waals surface area contributed by atoms with Crippen molar-refractivity contribution in [2.75, 3.05) is 26.0 Å². The number of benzene rings is 1. The fraction of sp³-hybridized carbons (Fsp3) is 0.455. The summed E-state index contributed by atoms with van der Waals surface area (Å²) in [6.07, 6.45) is 2.88. The predicted octanol–water partition coefficient (Wildman–Crippen LogP) is 2.49. The van der Waals surface area contributed by atoms with E-state index in [1.807, 2.05) is 6.07 Å². The van der Waals surface area contributed by atoms with Crippen LogP contribution in [-0.4, -0.2) is 55.4 Å². The normalized spacial score (nSPS) is 20.6. The first-order chi connectivity index (χ1) is 14.2. The number of likely N-dealkylation sites (tertiary alicyclic amines) is 1. The van der Waals surface area contributed by atoms with E-state index in [0.717, 1.165) is 24.8 Å². The molecule has 1 aliphatic heterocycles. The molecule has 1 saturated heterocycles. The molecule has 1 N–H and O–H groups in total. The smallest absolute Gasteiger partial charge is 0.193 e. The van der Waals surface area contributed by atoms with Crippen LogP contribution in [-0.2, 0) is 9.84 Å². The van der Waals surface area contributed by atoms with Gasteiger partial charge in [0.1, 0.15) is 5.75 Å². The molecule has 3 atom stereocenters. The van der Waals surface area contributed by atoms with Crippen molar-refractivity contribution in [2.24, 2.45) is 5.92 Å². The first-order valence-electron chi connectivity index (χ1n) is 9.89. The highest BCUT2D eigenvalue weighted by Crippen LogP contribution is 2.27. The molecule has 1 aromatic carbocycles. The molecule has 1 aliphatic rings. The second-order valence-corrected chi connectivity index (χ2v) is 9.96. The lowest BCUT2D eigenvalue weighted by Gasteiger charge is -2.24. The van der Waals surface area contributed by atoms with E-state index in [1.54, 1.807) is 31.2 Å². The fourth-order valence-corrected chi connectivity index (χ4v) is 4.84. The Kier molecular flexibility index (Phi) is 6.76. The molecule has 0 radical (unpaired) electrons. The molecule has 0 amide bonds. The molecule has 0 spiro atoms. The van der Waals surface area contributed by atoms with Crippen LogP contribution >= 0.6 is 0 Å². The van der Waals surface area contributed by atoms with Gasteiger partial charge in [0.25, 0.3) is 0 Å². The molecule has 0 bridgehead atoms. The van der Waals surface area contributed by atoms with E-state index in [1.165, 1.54) is 6.20 Å². The Balaban J connectivity index is 1.56. The molecule has 0 aliphatic carbocycles. The number of β-amino-alcohol motifs (C(OH)–C–C–N with tert-alkyl or cyclic N) is 1. The topological polar surface area (TPSA) is 104 Å². The van der Waals surface area contributed by atoms with Crippen LogP contribution in [0.4, 0.5) is 0 Å². The lowest BCUT2D eigenvalue weighted by atomic mass is 10.1. The van der Waals surface area contributed by atoms with Crippen LogP contribution in [0.1, 0.15) is 36.1 Å². The zero-order chi connectivity index (χ0) is 21.9. The van der Waals surface area contributed by atoms with Gasteiger partial charge in [-0.15, -0.1) is 0 Å². The summed E-state index contributed by atoms with van der Waals surface area (Å²) in [7, 11) is -3.35. The van der Waals surface area contributed by atoms with Crippen LogP contribution in [0, 0.1) is 24.2 Å². The maximum Gasteiger partial charge on any atom is 0.193 e. The van der Waals surface area contributed by atoms with E-state index in [4.69, 9.17) is 10.00 Å². The van der Waals surface area contributed by atoms with Gasteiger partial charge >= 0.3 is 0 Å². The largest absolute Gasteiger partial charge is 0.492 e. The molecule has 0 unspecified atom stereocenters. The number of ether oxygens (including phenoxy) is 1. The van der Waals surface area contributed by atoms with Gasteiger partial charge in [0.05, 0.1) is 30.5 Å². The van der Waals surface area contributed by atoms with E-state index in [0.29, 0.717) is 42.0 Å². The summed E-state index contributed by atoms with van der Waals surface area (Å²) in [5, 5.41) is 19.7. The lowest BCUT2D eigenvalue weighted by molar-refractivity contribution is 0.107. The maximum absolute atomic E-state index is 11.7. The summed E-state index contributed by atoms with van der Waals surface area (Å²) in [5.41, 5.74) is 1.85. The third kappa shape index (κ3) is 5.36. The van der Waals surface area contributed by atoms with Crippen molar-refractivity contribution in [3.8, 4) is 11.8 Å². The molecular weight excluding hydrogens is 402 g/mol. The number of nitrogens with zero attached hydrogens (tertiary/aromatic N) is 3. The highest BCUT2D eigenvalue weighted by atomic mass is 32.2. The maximum atomic E-state index is 11.7. The second kappa shape index (κ2) is 9.13. The van der Waals surface area contributed by atoms with Gasteiger partial charge in [-0.3, -0.25) is 4.90 Å². The van der Waals surface area contributed by atoms with Crippen LogP contribution in [0.25, 0.3) is 0 Å². The van der Waals surface area contributed by atoms with E-state index >= 15 is 0 Å². The zero-order valence-electron chi connectivity index (χ0n) is 17.4. The Bertz CT molecular complexity index is 1050. The highest BCUT2D eigenvalue weighted by molar-refractivity contribution is 7.90. The third-order valence-electron chi connectivity index (χ3n) is 5.44. The monoisotopic (exact) mass is 429 g/mol. The van der Waals surface area contributed by atoms with Gasteiger partial charge in [-0.2, -0.15) is 5.26 Å². The lowest BCUT2D eigenvalue weighted by Crippen LogP contribution is -2.32. The average Bonchev–Trinajstić information content (AvgIpc) is 3.04. The summed E-state index contributed by atoms with van der Waals surface area (Å²) in [4.78, 5) is 6.26. The molecule has 2 heterocycles. The van der Waals surface area contributed by atoms with Gasteiger partial charge in [0.15, 0.2) is 14.9 Å². The Labute approximate surface area is 177 Å². The molecule has 8 heteroatoms. The number of pyridine rings is 1. The van der Waals surface area contributed by atoms with Crippen LogP contribution < -0.4 is 4.74 Å². The molecule has 160 valence electrons. The first-order valence-corrected chi connectivity index (χ1v) is 11.8. The number of nitriles is 1. The van der Waals surface area contributed by atoms with Gasteiger partial charge in [-0.25, -0.2) is 13.4 Å². The van der Waals surface area contributed by atoms with Gasteiger partial charge in [0.2, 0.25) is 0 Å². The number of aromatic nitrogens is 1. The molecule has 0 saturated carbocycles. The van der Waals surface area contributed by atoms with Gasteiger partial charge in [-0.05, 0) is 49.6 Å². The van der Waals surface area contributed by atoms with Crippen molar-refractivity contribution in [1.29, 1.82) is 5.26 Å². The van der Waals surface area contributed by atoms with Gasteiger partial charge in [-0.1, -0.05) is 12.1 Å². The quantitative estimate of drug-likeness (QED) is 0.721. The zero-order valence-corrected chi connectivity index (χ0v) is 18.3. The molecule has 1 fully saturated rings. The highest BCUT2D eigenvalue weighted by Gasteiger charge is 2.31. The van der Waals surface area contributed by atoms with E-state index < -0.39 is 15.9 Å². The number of hydrogen-bond acceptors (Lipinski definition) is 7. The molecule has 3 rings (SSSR count). The summed E-state index contributed by atoms with van der Waals surface area (Å²) in [5.74, 6) is 0.854. The number of sulfone groups is 1. The molecule has 7 nitrogen and oxygen atoms in total. The SMILES string of the molecule is Cc1cc(OC[C@H]2C[C@@H](C)N(C[C@H](O)c3cccc(C#N)c3)C2)cnc1S(C)(=O)=O. The van der Waals surface area contributed by atoms with Crippen molar-refractivity contribution in [3.63, 3.8) is 0 Å². The second-order valence-electron chi connectivity index (χ2n) is 8.03. The minimum atomic E-state index is -3.35. The molecule has 30 heavy (non-hydrogen) atoms. The Morgan fingerprint density at radius 1 is 1.40 bits per heavy atom. The number of aliphatic hydroxyl groups excluding tert-OH is 1. The Hall–Kier alpha value is -2.47. The van der Waals surface area contributed by atoms with Crippen molar-refractivity contribution in [1.82, 2.24) is 9.88 Å². The standard InChI is InChI=1S/C22H27N3O4S/c1-15-7-20(11-24-22(15)30(3,27)28)29-14-18-8-16(2)25(12-18)13-21(26)19-6-4-5-17(9-19)10-23/h4-7,9,11,16,18,21,26H,8,12-14H2,1-3H3/t16-,18+,21+/m1/s1. The van der Waals surface area contributed by atoms with Crippen LogP contribution in [0.15, 0.2) is 41.6 Å². The molecule has 1 aromatic heterocycles. The third-order valence-corrected chi connectivity index (χ3v) is 6.57. The van der Waals surface area contributed by atoms with Crippen LogP contribution in [0.3, 0.4) is 0 Å². The number of rotatable bonds is 7. The predicted molar refractivity (Wildman–Crippen MR) is 113 cm³/mol. The minimum absolute atomic E-state index is 0.0740. The molecule has 2 aromatic rings. The summed E-state index contributed by atoms with van der Waals surface area (Å²) >= 11 is 0. The summed E-state index contributed by atoms with van der Waals surface area (Å²) in [6.45, 7) is 5.63. The van der Waals surface area contributed by atoms with E-state index in [2.05, 4.69) is 22.9 Å². The molecular formula is C22H27N3O4S. The van der Waals surface area contributed by atoms with E-state index in [-0.39, 0.29) is 5.03 Å². The summed E-state index contributed by atoms with van der Waals surface area (Å²) < 4.78 is 29.2. The van der Waals surface area contributed by atoms with Crippen molar-refractivity contribution < 1.29 is 18.3 Å². The van der Waals surface area contributed by atoms with Crippen molar-refractivity contribution in [3.05, 3.63) is 53.2 Å². The summed E-state index contributed by atoms with van der Waals surface area (Å²) in [6, 6.07) is 11.2. The van der Waals surface area contributed by atoms with Gasteiger partial charge in [0, 0.05) is 31.3 Å². The fourth-order valence-electron chi connectivity index (χ4n) is 3.95. The Morgan fingerprint density at radius 3 is 2.83 bits per heavy atom. The van der Waals surface area contributed by atoms with E-state index in [9.17, 15) is 13.5 Å². The van der Waals surface area contributed by atoms with Crippen LogP contribution in [0.5, 0.6) is 5.75 Å². The number of aryl methyl sites for hydroxylation is 1. The Morgan fingerprint density at radius 2 is 2.17 bits per heavy atom.